The zero-order valence-electron chi connectivity index (χ0n) is 7.75. The molecular weight excluding hydrogens is 170 g/mol. The van der Waals surface area contributed by atoms with Crippen LogP contribution in [0, 0.1) is 0 Å². The van der Waals surface area contributed by atoms with Crippen molar-refractivity contribution in [3.63, 3.8) is 0 Å². The summed E-state index contributed by atoms with van der Waals surface area (Å²) in [5.41, 5.74) is 5.24. The highest BCUT2D eigenvalue weighted by Gasteiger charge is 2.49. The van der Waals surface area contributed by atoms with Crippen LogP contribution >= 0.6 is 0 Å². The summed E-state index contributed by atoms with van der Waals surface area (Å²) in [7, 11) is 2.06. The van der Waals surface area contributed by atoms with Crippen LogP contribution in [-0.2, 0) is 4.74 Å². The Morgan fingerprint density at radius 3 is 2.77 bits per heavy atom. The van der Waals surface area contributed by atoms with E-state index in [2.05, 4.69) is 17.3 Å². The second-order valence-electron chi connectivity index (χ2n) is 4.01. The molecule has 2 aliphatic heterocycles. The van der Waals surface area contributed by atoms with Crippen molar-refractivity contribution in [2.24, 2.45) is 5.73 Å². The molecule has 13 heavy (non-hydrogen) atoms. The van der Waals surface area contributed by atoms with Gasteiger partial charge in [0.25, 0.3) is 0 Å². The van der Waals surface area contributed by atoms with Crippen LogP contribution in [-0.4, -0.2) is 49.3 Å². The van der Waals surface area contributed by atoms with Crippen molar-refractivity contribution in [3.8, 4) is 0 Å². The average molecular weight is 185 g/mol. The summed E-state index contributed by atoms with van der Waals surface area (Å²) >= 11 is 0. The first-order valence-electron chi connectivity index (χ1n) is 4.47. The Balaban J connectivity index is 1.94. The van der Waals surface area contributed by atoms with Crippen molar-refractivity contribution in [1.82, 2.24) is 10.2 Å². The number of nitrogens with zero attached hydrogens (tertiary/aromatic N) is 1. The lowest BCUT2D eigenvalue weighted by Gasteiger charge is -2.43. The highest BCUT2D eigenvalue weighted by Crippen LogP contribution is 2.34. The molecule has 2 aliphatic rings. The predicted octanol–water partition coefficient (Wildman–Crippen LogP) is -0.872. The third-order valence-electron chi connectivity index (χ3n) is 3.02. The van der Waals surface area contributed by atoms with Crippen molar-refractivity contribution in [3.05, 3.63) is 0 Å². The molecular formula is C8H15N3O2. The molecule has 2 saturated heterocycles. The molecule has 2 heterocycles. The molecule has 0 bridgehead atoms. The van der Waals surface area contributed by atoms with Gasteiger partial charge in [-0.15, -0.1) is 0 Å². The van der Waals surface area contributed by atoms with Gasteiger partial charge >= 0.3 is 6.03 Å². The van der Waals surface area contributed by atoms with Crippen molar-refractivity contribution in [2.75, 3.05) is 26.8 Å². The molecule has 2 amide bonds. The van der Waals surface area contributed by atoms with Crippen molar-refractivity contribution >= 4 is 6.03 Å². The van der Waals surface area contributed by atoms with Gasteiger partial charge in [-0.1, -0.05) is 0 Å². The van der Waals surface area contributed by atoms with Gasteiger partial charge in [-0.05, 0) is 13.5 Å². The molecule has 5 heteroatoms. The molecule has 74 valence electrons. The van der Waals surface area contributed by atoms with Gasteiger partial charge in [-0.3, -0.25) is 4.90 Å². The van der Waals surface area contributed by atoms with E-state index >= 15 is 0 Å². The minimum Gasteiger partial charge on any atom is -0.377 e. The van der Waals surface area contributed by atoms with Crippen LogP contribution in [0.25, 0.3) is 0 Å². The zero-order valence-corrected chi connectivity index (χ0v) is 7.75. The van der Waals surface area contributed by atoms with E-state index in [9.17, 15) is 4.79 Å². The summed E-state index contributed by atoms with van der Waals surface area (Å²) < 4.78 is 5.20. The number of ether oxygens (including phenoxy) is 1. The lowest BCUT2D eigenvalue weighted by molar-refractivity contribution is -0.115. The zero-order chi connectivity index (χ0) is 9.47. The molecule has 5 nitrogen and oxygen atoms in total. The van der Waals surface area contributed by atoms with E-state index < -0.39 is 6.03 Å². The minimum absolute atomic E-state index is 0.174. The van der Waals surface area contributed by atoms with Gasteiger partial charge in [-0.2, -0.15) is 0 Å². The Hall–Kier alpha value is -0.810. The molecule has 1 spiro atoms. The number of hydrogen-bond acceptors (Lipinski definition) is 3. The Morgan fingerprint density at radius 1 is 1.69 bits per heavy atom. The maximum Gasteiger partial charge on any atom is 0.312 e. The third-order valence-corrected chi connectivity index (χ3v) is 3.02. The number of carbonyl (C=O) groups is 1. The fourth-order valence-electron chi connectivity index (χ4n) is 2.18. The van der Waals surface area contributed by atoms with E-state index in [0.29, 0.717) is 0 Å². The molecule has 0 aromatic carbocycles. The number of rotatable bonds is 1. The Bertz CT molecular complexity index is 227. The van der Waals surface area contributed by atoms with E-state index in [1.807, 2.05) is 0 Å². The number of nitrogens with two attached hydrogens (primary N) is 1. The van der Waals surface area contributed by atoms with Gasteiger partial charge in [0, 0.05) is 12.6 Å². The molecule has 1 atom stereocenters. The molecule has 1 unspecified atom stereocenters. The average Bonchev–Trinajstić information content (AvgIpc) is 2.24. The van der Waals surface area contributed by atoms with E-state index in [0.717, 1.165) is 26.2 Å². The van der Waals surface area contributed by atoms with Crippen molar-refractivity contribution in [1.29, 1.82) is 0 Å². The van der Waals surface area contributed by atoms with Crippen LogP contribution in [0.3, 0.4) is 0 Å². The van der Waals surface area contributed by atoms with Crippen LogP contribution in [0.15, 0.2) is 0 Å². The first kappa shape index (κ1) is 8.77. The monoisotopic (exact) mass is 185 g/mol. The third kappa shape index (κ3) is 1.38. The number of urea groups is 1. The van der Waals surface area contributed by atoms with Crippen LogP contribution in [0.2, 0.25) is 0 Å². The van der Waals surface area contributed by atoms with E-state index in [-0.39, 0.29) is 11.6 Å². The summed E-state index contributed by atoms with van der Waals surface area (Å²) in [4.78, 5) is 12.9. The first-order valence-corrected chi connectivity index (χ1v) is 4.47. The molecule has 0 saturated carbocycles. The number of carbonyl (C=O) groups excluding carboxylic acids is 1. The van der Waals surface area contributed by atoms with E-state index in [1.54, 1.807) is 0 Å². The summed E-state index contributed by atoms with van der Waals surface area (Å²) in [6, 6.07) is -0.248. The van der Waals surface area contributed by atoms with Gasteiger partial charge in [0.2, 0.25) is 0 Å². The molecule has 0 radical (unpaired) electrons. The van der Waals surface area contributed by atoms with E-state index in [1.165, 1.54) is 0 Å². The van der Waals surface area contributed by atoms with Crippen molar-refractivity contribution < 1.29 is 9.53 Å². The molecule has 0 aromatic heterocycles. The summed E-state index contributed by atoms with van der Waals surface area (Å²) in [6.45, 7) is 2.42. The fraction of sp³-hybridized carbons (Fsp3) is 0.875. The lowest BCUT2D eigenvalue weighted by atomic mass is 9.93. The van der Waals surface area contributed by atoms with Gasteiger partial charge < -0.3 is 15.8 Å². The second kappa shape index (κ2) is 2.85. The molecule has 2 rings (SSSR count). The predicted molar refractivity (Wildman–Crippen MR) is 47.3 cm³/mol. The fourth-order valence-corrected chi connectivity index (χ4v) is 2.18. The van der Waals surface area contributed by atoms with Crippen LogP contribution in [0.4, 0.5) is 4.79 Å². The number of nitrogens with one attached hydrogen (secondary N) is 1. The van der Waals surface area contributed by atoms with Crippen LogP contribution in [0.1, 0.15) is 6.42 Å². The van der Waals surface area contributed by atoms with E-state index in [4.69, 9.17) is 10.5 Å². The highest BCUT2D eigenvalue weighted by molar-refractivity contribution is 5.72. The molecule has 0 aliphatic carbocycles. The number of likely N-dealkylation sites (tertiary alicyclic amines) is 1. The standard InChI is InChI=1S/C8H15N3O2/c1-11-3-6(10-7(9)12)2-8(11)4-13-5-8/h6H,2-5H2,1H3,(H3,9,10,12). The van der Waals surface area contributed by atoms with Gasteiger partial charge in [0.1, 0.15) is 0 Å². The topological polar surface area (TPSA) is 67.6 Å². The minimum atomic E-state index is -0.435. The summed E-state index contributed by atoms with van der Waals surface area (Å²) in [5.74, 6) is 0. The van der Waals surface area contributed by atoms with Gasteiger partial charge in [-0.25, -0.2) is 4.79 Å². The number of primary amides is 1. The number of amides is 2. The lowest BCUT2D eigenvalue weighted by Crippen LogP contribution is -2.57. The SMILES string of the molecule is CN1CC(NC(N)=O)CC12COC2. The van der Waals surface area contributed by atoms with Crippen molar-refractivity contribution in [2.45, 2.75) is 18.0 Å². The number of hydrogen-bond donors (Lipinski definition) is 2. The maximum atomic E-state index is 10.6. The summed E-state index contributed by atoms with van der Waals surface area (Å²) in [6.07, 6.45) is 0.951. The maximum absolute atomic E-state index is 10.6. The largest absolute Gasteiger partial charge is 0.377 e. The van der Waals surface area contributed by atoms with Crippen LogP contribution < -0.4 is 11.1 Å². The summed E-state index contributed by atoms with van der Waals surface area (Å²) in [5, 5.41) is 2.74. The first-order chi connectivity index (χ1) is 6.12. The Morgan fingerprint density at radius 2 is 2.38 bits per heavy atom. The number of likely N-dealkylation sites (N-methyl/N-ethyl adjacent to an activating group) is 1. The van der Waals surface area contributed by atoms with Gasteiger partial charge in [0.15, 0.2) is 0 Å². The normalized spacial score (nSPS) is 31.6. The van der Waals surface area contributed by atoms with Crippen LogP contribution in [0.5, 0.6) is 0 Å². The molecule has 2 fully saturated rings. The Labute approximate surface area is 77.2 Å². The highest BCUT2D eigenvalue weighted by atomic mass is 16.5. The second-order valence-corrected chi connectivity index (χ2v) is 4.01. The van der Waals surface area contributed by atoms with Gasteiger partial charge in [0.05, 0.1) is 18.8 Å². The Kier molecular flexibility index (Phi) is 1.92. The molecule has 0 aromatic rings. The smallest absolute Gasteiger partial charge is 0.312 e. The molecule has 3 N–H and O–H groups in total. The quantitative estimate of drug-likeness (QED) is 0.558.